The molecule has 1 aliphatic carbocycles. The minimum atomic E-state index is 1.07. The third-order valence-electron chi connectivity index (χ3n) is 1.48. The van der Waals surface area contributed by atoms with Crippen LogP contribution in [0.1, 0.15) is 25.7 Å². The van der Waals surface area contributed by atoms with Crippen LogP contribution in [0.2, 0.25) is 0 Å². The Hall–Kier alpha value is -0.780. The van der Waals surface area contributed by atoms with E-state index in [0.717, 1.165) is 12.8 Å². The molecular weight excluding hydrogens is 120 g/mol. The van der Waals surface area contributed by atoms with Gasteiger partial charge < -0.3 is 0 Å². The van der Waals surface area contributed by atoms with Crippen molar-refractivity contribution in [2.24, 2.45) is 0 Å². The minimum absolute atomic E-state index is 1.07. The van der Waals surface area contributed by atoms with E-state index in [1.54, 1.807) is 0 Å². The molecular formula is C10H13. The first-order valence-electron chi connectivity index (χ1n) is 3.87. The highest BCUT2D eigenvalue weighted by Gasteiger charge is 1.81. The van der Waals surface area contributed by atoms with E-state index >= 15 is 0 Å². The van der Waals surface area contributed by atoms with Crippen molar-refractivity contribution in [3.8, 4) is 0 Å². The van der Waals surface area contributed by atoms with Gasteiger partial charge in [-0.25, -0.2) is 0 Å². The minimum Gasteiger partial charge on any atom is -0.0882 e. The van der Waals surface area contributed by atoms with Crippen molar-refractivity contribution in [3.05, 3.63) is 36.5 Å². The molecule has 0 aromatic carbocycles. The Bertz CT molecular complexity index is 149. The van der Waals surface area contributed by atoms with Gasteiger partial charge in [0.1, 0.15) is 0 Å². The molecule has 0 spiro atoms. The fourth-order valence-electron chi connectivity index (χ4n) is 0.913. The molecule has 0 aliphatic heterocycles. The van der Waals surface area contributed by atoms with Crippen molar-refractivity contribution < 1.29 is 0 Å². The van der Waals surface area contributed by atoms with Crippen LogP contribution in [0, 0.1) is 6.08 Å². The van der Waals surface area contributed by atoms with Crippen LogP contribution >= 0.6 is 0 Å². The Morgan fingerprint density at radius 1 is 1.10 bits per heavy atom. The quantitative estimate of drug-likeness (QED) is 0.445. The molecule has 0 heterocycles. The van der Waals surface area contributed by atoms with Crippen LogP contribution < -0.4 is 0 Å². The van der Waals surface area contributed by atoms with Crippen LogP contribution in [0.3, 0.4) is 0 Å². The Morgan fingerprint density at radius 3 is 3.10 bits per heavy atom. The van der Waals surface area contributed by atoms with E-state index in [0.29, 0.717) is 0 Å². The standard InChI is InChI=1S/C10H13/c1-2-4-6-8-10-9-7-5-3-1/h1-3,6,8H,4,7,9-10H2/b2-1-,5-3?,8-6-. The van der Waals surface area contributed by atoms with E-state index in [4.69, 9.17) is 0 Å². The van der Waals surface area contributed by atoms with Crippen molar-refractivity contribution in [2.45, 2.75) is 25.7 Å². The Kier molecular flexibility index (Phi) is 3.69. The van der Waals surface area contributed by atoms with Crippen LogP contribution in [-0.4, -0.2) is 0 Å². The first-order valence-corrected chi connectivity index (χ1v) is 3.87. The van der Waals surface area contributed by atoms with Gasteiger partial charge in [-0.05, 0) is 31.8 Å². The summed E-state index contributed by atoms with van der Waals surface area (Å²) in [4.78, 5) is 0. The van der Waals surface area contributed by atoms with Gasteiger partial charge in [0.25, 0.3) is 0 Å². The molecule has 53 valence electrons. The lowest BCUT2D eigenvalue weighted by molar-refractivity contribution is 0.852. The van der Waals surface area contributed by atoms with Crippen LogP contribution in [-0.2, 0) is 0 Å². The van der Waals surface area contributed by atoms with Crippen molar-refractivity contribution in [3.63, 3.8) is 0 Å². The fraction of sp³-hybridized carbons (Fsp3) is 0.400. The summed E-state index contributed by atoms with van der Waals surface area (Å²) < 4.78 is 0. The second-order valence-corrected chi connectivity index (χ2v) is 2.40. The SMILES string of the molecule is [C]1=C\C=C/C/C=C\CCC/1. The summed E-state index contributed by atoms with van der Waals surface area (Å²) in [6.45, 7) is 0. The Morgan fingerprint density at radius 2 is 2.10 bits per heavy atom. The van der Waals surface area contributed by atoms with Crippen LogP contribution in [0.15, 0.2) is 30.4 Å². The maximum Gasteiger partial charge on any atom is -0.0166 e. The largest absolute Gasteiger partial charge is 0.0882 e. The average molecular weight is 133 g/mol. The molecule has 0 heteroatoms. The zero-order chi connectivity index (χ0) is 7.07. The van der Waals surface area contributed by atoms with Gasteiger partial charge >= 0.3 is 0 Å². The highest BCUT2D eigenvalue weighted by atomic mass is 13.9. The second-order valence-electron chi connectivity index (χ2n) is 2.40. The predicted octanol–water partition coefficient (Wildman–Crippen LogP) is 3.03. The third-order valence-corrected chi connectivity index (χ3v) is 1.48. The van der Waals surface area contributed by atoms with E-state index in [9.17, 15) is 0 Å². The zero-order valence-electron chi connectivity index (χ0n) is 6.22. The maximum atomic E-state index is 3.21. The molecule has 0 nitrogen and oxygen atoms in total. The third kappa shape index (κ3) is 3.29. The summed E-state index contributed by atoms with van der Waals surface area (Å²) in [5, 5.41) is 0. The summed E-state index contributed by atoms with van der Waals surface area (Å²) in [6.07, 6.45) is 18.5. The molecule has 1 aliphatic rings. The topological polar surface area (TPSA) is 0 Å². The van der Waals surface area contributed by atoms with E-state index in [2.05, 4.69) is 30.4 Å². The van der Waals surface area contributed by atoms with Crippen LogP contribution in [0.25, 0.3) is 0 Å². The summed E-state index contributed by atoms with van der Waals surface area (Å²) in [6, 6.07) is 0. The first kappa shape index (κ1) is 7.33. The van der Waals surface area contributed by atoms with Crippen molar-refractivity contribution in [1.82, 2.24) is 0 Å². The lowest BCUT2D eigenvalue weighted by atomic mass is 10.2. The first-order chi connectivity index (χ1) is 5.00. The lowest BCUT2D eigenvalue weighted by Gasteiger charge is -1.90. The monoisotopic (exact) mass is 133 g/mol. The normalized spacial score (nSPS) is 28.8. The van der Waals surface area contributed by atoms with Crippen molar-refractivity contribution in [2.75, 3.05) is 0 Å². The molecule has 0 amide bonds. The van der Waals surface area contributed by atoms with Gasteiger partial charge in [-0.1, -0.05) is 30.4 Å². The molecule has 10 heavy (non-hydrogen) atoms. The molecule has 0 N–H and O–H groups in total. The average Bonchev–Trinajstić information content (AvgIpc) is 2.01. The summed E-state index contributed by atoms with van der Waals surface area (Å²) in [7, 11) is 0. The zero-order valence-corrected chi connectivity index (χ0v) is 6.22. The van der Waals surface area contributed by atoms with Crippen molar-refractivity contribution >= 4 is 0 Å². The number of hydrogen-bond donors (Lipinski definition) is 0. The Labute approximate surface area is 62.9 Å². The number of hydrogen-bond acceptors (Lipinski definition) is 0. The van der Waals surface area contributed by atoms with Gasteiger partial charge in [0.05, 0.1) is 0 Å². The second kappa shape index (κ2) is 5.04. The molecule has 1 rings (SSSR count). The molecule has 0 unspecified atom stereocenters. The molecule has 0 bridgehead atoms. The van der Waals surface area contributed by atoms with Gasteiger partial charge in [-0.2, -0.15) is 0 Å². The molecule has 1 radical (unpaired) electrons. The highest BCUT2D eigenvalue weighted by molar-refractivity contribution is 5.03. The predicted molar refractivity (Wildman–Crippen MR) is 44.6 cm³/mol. The summed E-state index contributed by atoms with van der Waals surface area (Å²) in [5.74, 6) is 0. The molecule has 0 atom stereocenters. The molecule has 0 saturated heterocycles. The molecule has 0 saturated carbocycles. The van der Waals surface area contributed by atoms with E-state index in [1.165, 1.54) is 12.8 Å². The van der Waals surface area contributed by atoms with Gasteiger partial charge in [-0.3, -0.25) is 0 Å². The summed E-state index contributed by atoms with van der Waals surface area (Å²) >= 11 is 0. The van der Waals surface area contributed by atoms with Gasteiger partial charge in [0, 0.05) is 0 Å². The molecule has 0 aromatic heterocycles. The fourth-order valence-corrected chi connectivity index (χ4v) is 0.913. The maximum absolute atomic E-state index is 3.21. The van der Waals surface area contributed by atoms with E-state index < -0.39 is 0 Å². The van der Waals surface area contributed by atoms with Gasteiger partial charge in [-0.15, -0.1) is 0 Å². The van der Waals surface area contributed by atoms with Gasteiger partial charge in [0.15, 0.2) is 0 Å². The molecule has 0 fully saturated rings. The van der Waals surface area contributed by atoms with Gasteiger partial charge in [0.2, 0.25) is 0 Å². The van der Waals surface area contributed by atoms with E-state index in [1.807, 2.05) is 6.08 Å². The summed E-state index contributed by atoms with van der Waals surface area (Å²) in [5.41, 5.74) is 0. The van der Waals surface area contributed by atoms with Crippen LogP contribution in [0.5, 0.6) is 0 Å². The lowest BCUT2D eigenvalue weighted by Crippen LogP contribution is -1.71. The van der Waals surface area contributed by atoms with Crippen LogP contribution in [0.4, 0.5) is 0 Å². The van der Waals surface area contributed by atoms with E-state index in [-0.39, 0.29) is 0 Å². The smallest absolute Gasteiger partial charge is 0.0166 e. The highest BCUT2D eigenvalue weighted by Crippen LogP contribution is 2.00. The number of rotatable bonds is 0. The van der Waals surface area contributed by atoms with Crippen molar-refractivity contribution in [1.29, 1.82) is 0 Å². The Balaban J connectivity index is 2.38. The number of allylic oxidation sites excluding steroid dienone is 6. The molecule has 0 aromatic rings.